The van der Waals surface area contributed by atoms with E-state index < -0.39 is 0 Å². The molecule has 2 rings (SSSR count). The fraction of sp³-hybridized carbons (Fsp3) is 0.375. The van der Waals surface area contributed by atoms with Gasteiger partial charge in [-0.25, -0.2) is 0 Å². The Morgan fingerprint density at radius 1 is 1.35 bits per heavy atom. The molecule has 0 saturated heterocycles. The maximum atomic E-state index is 6.30. The lowest BCUT2D eigenvalue weighted by atomic mass is 10.1. The van der Waals surface area contributed by atoms with Gasteiger partial charge in [0.15, 0.2) is 0 Å². The second kappa shape index (κ2) is 7.67. The monoisotopic (exact) mass is 309 g/mol. The van der Waals surface area contributed by atoms with E-state index in [1.165, 1.54) is 11.1 Å². The SMILES string of the molecule is CCCNC(C)c1ccc(OCc2ccsc2)c(Cl)c1. The minimum absolute atomic E-state index is 0.304. The Bertz CT molecular complexity index is 527. The van der Waals surface area contributed by atoms with E-state index in [0.29, 0.717) is 17.7 Å². The summed E-state index contributed by atoms with van der Waals surface area (Å²) in [7, 11) is 0. The van der Waals surface area contributed by atoms with Crippen LogP contribution in [0.4, 0.5) is 0 Å². The van der Waals surface area contributed by atoms with Gasteiger partial charge in [-0.1, -0.05) is 24.6 Å². The van der Waals surface area contributed by atoms with E-state index in [9.17, 15) is 0 Å². The third-order valence-corrected chi connectivity index (χ3v) is 4.16. The van der Waals surface area contributed by atoms with Crippen LogP contribution in [0.15, 0.2) is 35.0 Å². The third kappa shape index (κ3) is 4.23. The molecule has 0 aliphatic heterocycles. The van der Waals surface area contributed by atoms with Crippen LogP contribution < -0.4 is 10.1 Å². The Morgan fingerprint density at radius 2 is 2.20 bits per heavy atom. The van der Waals surface area contributed by atoms with Crippen molar-refractivity contribution in [2.45, 2.75) is 32.9 Å². The van der Waals surface area contributed by atoms with E-state index in [1.54, 1.807) is 11.3 Å². The van der Waals surface area contributed by atoms with Crippen molar-refractivity contribution in [1.29, 1.82) is 0 Å². The molecule has 20 heavy (non-hydrogen) atoms. The van der Waals surface area contributed by atoms with E-state index in [1.807, 2.05) is 17.5 Å². The van der Waals surface area contributed by atoms with Crippen molar-refractivity contribution in [1.82, 2.24) is 5.32 Å². The predicted octanol–water partition coefficient (Wildman–Crippen LogP) is 5.04. The molecule has 4 heteroatoms. The number of benzene rings is 1. The topological polar surface area (TPSA) is 21.3 Å². The first-order valence-corrected chi connectivity index (χ1v) is 8.19. The first kappa shape index (κ1) is 15.4. The summed E-state index contributed by atoms with van der Waals surface area (Å²) < 4.78 is 5.75. The van der Waals surface area contributed by atoms with E-state index in [0.717, 1.165) is 18.7 Å². The molecule has 0 amide bonds. The number of ether oxygens (including phenoxy) is 1. The Morgan fingerprint density at radius 3 is 2.85 bits per heavy atom. The van der Waals surface area contributed by atoms with Crippen LogP contribution in [0, 0.1) is 0 Å². The Labute approximate surface area is 129 Å². The number of hydrogen-bond acceptors (Lipinski definition) is 3. The number of nitrogens with one attached hydrogen (secondary N) is 1. The molecule has 1 N–H and O–H groups in total. The van der Waals surface area contributed by atoms with Crippen LogP contribution >= 0.6 is 22.9 Å². The van der Waals surface area contributed by atoms with Crippen LogP contribution in [-0.4, -0.2) is 6.54 Å². The summed E-state index contributed by atoms with van der Waals surface area (Å²) in [6.07, 6.45) is 1.12. The summed E-state index contributed by atoms with van der Waals surface area (Å²) in [6.45, 7) is 5.88. The Kier molecular flexibility index (Phi) is 5.89. The summed E-state index contributed by atoms with van der Waals surface area (Å²) in [4.78, 5) is 0. The molecule has 0 radical (unpaired) electrons. The van der Waals surface area contributed by atoms with E-state index in [4.69, 9.17) is 16.3 Å². The second-order valence-electron chi connectivity index (χ2n) is 4.79. The lowest BCUT2D eigenvalue weighted by Gasteiger charge is -2.15. The van der Waals surface area contributed by atoms with Crippen LogP contribution in [0.5, 0.6) is 5.75 Å². The molecule has 0 fully saturated rings. The lowest BCUT2D eigenvalue weighted by molar-refractivity contribution is 0.307. The molecule has 0 bridgehead atoms. The molecule has 2 nitrogen and oxygen atoms in total. The minimum Gasteiger partial charge on any atom is -0.487 e. The van der Waals surface area contributed by atoms with Crippen LogP contribution in [-0.2, 0) is 6.61 Å². The molecule has 0 aliphatic rings. The normalized spacial score (nSPS) is 12.3. The molecule has 0 aliphatic carbocycles. The highest BCUT2D eigenvalue weighted by molar-refractivity contribution is 7.07. The molecular weight excluding hydrogens is 290 g/mol. The zero-order chi connectivity index (χ0) is 14.4. The largest absolute Gasteiger partial charge is 0.487 e. The predicted molar refractivity (Wildman–Crippen MR) is 86.8 cm³/mol. The maximum absolute atomic E-state index is 6.30. The molecule has 1 aromatic carbocycles. The summed E-state index contributed by atoms with van der Waals surface area (Å²) >= 11 is 7.97. The Hall–Kier alpha value is -1.03. The van der Waals surface area contributed by atoms with Crippen LogP contribution in [0.2, 0.25) is 5.02 Å². The smallest absolute Gasteiger partial charge is 0.138 e. The summed E-state index contributed by atoms with van der Waals surface area (Å²) in [5.74, 6) is 0.740. The van der Waals surface area contributed by atoms with E-state index >= 15 is 0 Å². The van der Waals surface area contributed by atoms with Crippen molar-refractivity contribution in [3.05, 3.63) is 51.2 Å². The van der Waals surface area contributed by atoms with Gasteiger partial charge in [0, 0.05) is 6.04 Å². The number of rotatable bonds is 7. The number of halogens is 1. The van der Waals surface area contributed by atoms with E-state index in [2.05, 4.69) is 36.7 Å². The molecule has 1 unspecified atom stereocenters. The highest BCUT2D eigenvalue weighted by Gasteiger charge is 2.08. The molecule has 2 aromatic rings. The summed E-state index contributed by atoms with van der Waals surface area (Å²) in [5.41, 5.74) is 2.36. The van der Waals surface area contributed by atoms with Gasteiger partial charge in [0.1, 0.15) is 12.4 Å². The maximum Gasteiger partial charge on any atom is 0.138 e. The van der Waals surface area contributed by atoms with Gasteiger partial charge in [0.05, 0.1) is 5.02 Å². The van der Waals surface area contributed by atoms with Crippen LogP contribution in [0.3, 0.4) is 0 Å². The fourth-order valence-electron chi connectivity index (χ4n) is 1.92. The quantitative estimate of drug-likeness (QED) is 0.773. The molecule has 1 atom stereocenters. The fourth-order valence-corrected chi connectivity index (χ4v) is 2.81. The molecular formula is C16H20ClNOS. The van der Waals surface area contributed by atoms with Crippen molar-refractivity contribution < 1.29 is 4.74 Å². The lowest BCUT2D eigenvalue weighted by Crippen LogP contribution is -2.19. The molecule has 1 heterocycles. The number of thiophene rings is 1. The zero-order valence-corrected chi connectivity index (χ0v) is 13.4. The van der Waals surface area contributed by atoms with Crippen molar-refractivity contribution in [2.24, 2.45) is 0 Å². The molecule has 1 aromatic heterocycles. The van der Waals surface area contributed by atoms with Gasteiger partial charge in [0.25, 0.3) is 0 Å². The van der Waals surface area contributed by atoms with Gasteiger partial charge in [-0.05, 0) is 60.0 Å². The van der Waals surface area contributed by atoms with E-state index in [-0.39, 0.29) is 0 Å². The van der Waals surface area contributed by atoms with Gasteiger partial charge in [-0.3, -0.25) is 0 Å². The molecule has 0 spiro atoms. The molecule has 0 saturated carbocycles. The minimum atomic E-state index is 0.304. The average molecular weight is 310 g/mol. The van der Waals surface area contributed by atoms with Crippen molar-refractivity contribution in [3.8, 4) is 5.75 Å². The second-order valence-corrected chi connectivity index (χ2v) is 5.97. The standard InChI is InChI=1S/C16H20ClNOS/c1-3-7-18-12(2)14-4-5-16(15(17)9-14)19-10-13-6-8-20-11-13/h4-6,8-9,11-12,18H,3,7,10H2,1-2H3. The highest BCUT2D eigenvalue weighted by atomic mass is 35.5. The molecule has 108 valence electrons. The average Bonchev–Trinajstić information content (AvgIpc) is 2.96. The van der Waals surface area contributed by atoms with Gasteiger partial charge >= 0.3 is 0 Å². The van der Waals surface area contributed by atoms with Gasteiger partial charge in [-0.15, -0.1) is 0 Å². The summed E-state index contributed by atoms with van der Waals surface area (Å²) in [6, 6.07) is 8.37. The van der Waals surface area contributed by atoms with Crippen LogP contribution in [0.1, 0.15) is 37.4 Å². The first-order chi connectivity index (χ1) is 9.70. The van der Waals surface area contributed by atoms with Crippen molar-refractivity contribution >= 4 is 22.9 Å². The van der Waals surface area contributed by atoms with Crippen LogP contribution in [0.25, 0.3) is 0 Å². The first-order valence-electron chi connectivity index (χ1n) is 6.87. The van der Waals surface area contributed by atoms with Gasteiger partial charge in [-0.2, -0.15) is 11.3 Å². The summed E-state index contributed by atoms with van der Waals surface area (Å²) in [5, 5.41) is 8.25. The van der Waals surface area contributed by atoms with Gasteiger partial charge < -0.3 is 10.1 Å². The highest BCUT2D eigenvalue weighted by Crippen LogP contribution is 2.28. The zero-order valence-electron chi connectivity index (χ0n) is 11.9. The third-order valence-electron chi connectivity index (χ3n) is 3.13. The van der Waals surface area contributed by atoms with Crippen molar-refractivity contribution in [3.63, 3.8) is 0 Å². The Balaban J connectivity index is 1.98. The van der Waals surface area contributed by atoms with Gasteiger partial charge in [0.2, 0.25) is 0 Å². The number of hydrogen-bond donors (Lipinski definition) is 1. The van der Waals surface area contributed by atoms with Crippen molar-refractivity contribution in [2.75, 3.05) is 6.54 Å².